The zero-order valence-corrected chi connectivity index (χ0v) is 11.3. The number of aromatic nitrogens is 2. The standard InChI is InChI=1S/C10H18ClN3OS/c1-3-14-9(10(11)8(2)13-14)7-16(15)6-4-5-12/h3-7,12H2,1-2H3. The fourth-order valence-corrected chi connectivity index (χ4v) is 2.99. The molecule has 1 aromatic heterocycles. The van der Waals surface area contributed by atoms with Crippen molar-refractivity contribution in [3.8, 4) is 0 Å². The Morgan fingerprint density at radius 1 is 1.56 bits per heavy atom. The predicted octanol–water partition coefficient (Wildman–Crippen LogP) is 1.46. The van der Waals surface area contributed by atoms with E-state index in [9.17, 15) is 4.21 Å². The Morgan fingerprint density at radius 2 is 2.25 bits per heavy atom. The molecule has 1 unspecified atom stereocenters. The van der Waals surface area contributed by atoms with Crippen LogP contribution in [0.4, 0.5) is 0 Å². The minimum absolute atomic E-state index is 0.466. The molecule has 0 aliphatic carbocycles. The highest BCUT2D eigenvalue weighted by Gasteiger charge is 2.14. The van der Waals surface area contributed by atoms with E-state index in [0.717, 1.165) is 24.4 Å². The van der Waals surface area contributed by atoms with Crippen molar-refractivity contribution < 1.29 is 4.21 Å². The van der Waals surface area contributed by atoms with Gasteiger partial charge in [-0.1, -0.05) is 11.6 Å². The molecule has 0 bridgehead atoms. The maximum atomic E-state index is 11.8. The summed E-state index contributed by atoms with van der Waals surface area (Å²) in [7, 11) is -0.905. The summed E-state index contributed by atoms with van der Waals surface area (Å²) in [5, 5.41) is 4.93. The summed E-state index contributed by atoms with van der Waals surface area (Å²) >= 11 is 6.13. The first-order valence-corrected chi connectivity index (χ1v) is 7.23. The summed E-state index contributed by atoms with van der Waals surface area (Å²) in [4.78, 5) is 0. The third kappa shape index (κ3) is 3.30. The number of nitrogens with two attached hydrogens (primary N) is 1. The van der Waals surface area contributed by atoms with Gasteiger partial charge < -0.3 is 5.73 Å². The Balaban J connectivity index is 2.75. The van der Waals surface area contributed by atoms with E-state index in [2.05, 4.69) is 5.10 Å². The molecule has 0 saturated heterocycles. The average Bonchev–Trinajstić information content (AvgIpc) is 2.54. The van der Waals surface area contributed by atoms with E-state index < -0.39 is 10.8 Å². The maximum Gasteiger partial charge on any atom is 0.0856 e. The van der Waals surface area contributed by atoms with Crippen molar-refractivity contribution in [1.29, 1.82) is 0 Å². The first-order valence-electron chi connectivity index (χ1n) is 5.37. The Bertz CT molecular complexity index is 378. The molecule has 0 saturated carbocycles. The molecule has 0 fully saturated rings. The van der Waals surface area contributed by atoms with Gasteiger partial charge in [0.05, 0.1) is 22.2 Å². The maximum absolute atomic E-state index is 11.8. The monoisotopic (exact) mass is 263 g/mol. The van der Waals surface area contributed by atoms with E-state index >= 15 is 0 Å². The molecule has 0 radical (unpaired) electrons. The van der Waals surface area contributed by atoms with Crippen LogP contribution in [0.25, 0.3) is 0 Å². The smallest absolute Gasteiger partial charge is 0.0856 e. The van der Waals surface area contributed by atoms with Crippen LogP contribution in [-0.4, -0.2) is 26.3 Å². The van der Waals surface area contributed by atoms with Gasteiger partial charge in [-0.15, -0.1) is 0 Å². The van der Waals surface area contributed by atoms with E-state index in [-0.39, 0.29) is 0 Å². The molecule has 1 heterocycles. The molecule has 92 valence electrons. The topological polar surface area (TPSA) is 60.9 Å². The second kappa shape index (κ2) is 6.37. The fourth-order valence-electron chi connectivity index (χ4n) is 1.48. The van der Waals surface area contributed by atoms with Crippen molar-refractivity contribution >= 4 is 22.4 Å². The van der Waals surface area contributed by atoms with Gasteiger partial charge in [0, 0.05) is 23.1 Å². The van der Waals surface area contributed by atoms with Crippen LogP contribution < -0.4 is 5.73 Å². The summed E-state index contributed by atoms with van der Waals surface area (Å²) in [5.74, 6) is 1.09. The van der Waals surface area contributed by atoms with Crippen molar-refractivity contribution in [2.24, 2.45) is 5.73 Å². The van der Waals surface area contributed by atoms with Crippen LogP contribution in [0.15, 0.2) is 0 Å². The lowest BCUT2D eigenvalue weighted by Crippen LogP contribution is -2.10. The van der Waals surface area contributed by atoms with Crippen molar-refractivity contribution in [3.05, 3.63) is 16.4 Å². The van der Waals surface area contributed by atoms with Crippen LogP contribution in [-0.2, 0) is 23.1 Å². The number of nitrogens with zero attached hydrogens (tertiary/aromatic N) is 2. The van der Waals surface area contributed by atoms with Gasteiger partial charge in [0.1, 0.15) is 0 Å². The molecule has 0 aliphatic rings. The van der Waals surface area contributed by atoms with Crippen molar-refractivity contribution in [2.75, 3.05) is 12.3 Å². The zero-order valence-electron chi connectivity index (χ0n) is 9.70. The van der Waals surface area contributed by atoms with Gasteiger partial charge in [-0.05, 0) is 26.8 Å². The van der Waals surface area contributed by atoms with Gasteiger partial charge >= 0.3 is 0 Å². The summed E-state index contributed by atoms with van der Waals surface area (Å²) in [6, 6.07) is 0. The minimum atomic E-state index is -0.905. The van der Waals surface area contributed by atoms with Gasteiger partial charge in [-0.2, -0.15) is 5.10 Å². The van der Waals surface area contributed by atoms with Crippen molar-refractivity contribution in [1.82, 2.24) is 9.78 Å². The van der Waals surface area contributed by atoms with E-state index in [1.807, 2.05) is 18.5 Å². The largest absolute Gasteiger partial charge is 0.330 e. The fraction of sp³-hybridized carbons (Fsp3) is 0.700. The first-order chi connectivity index (χ1) is 7.60. The van der Waals surface area contributed by atoms with Gasteiger partial charge in [-0.3, -0.25) is 8.89 Å². The molecule has 1 atom stereocenters. The lowest BCUT2D eigenvalue weighted by Gasteiger charge is -2.05. The molecule has 2 N–H and O–H groups in total. The third-order valence-electron chi connectivity index (χ3n) is 2.33. The number of rotatable bonds is 6. The van der Waals surface area contributed by atoms with Crippen LogP contribution >= 0.6 is 11.6 Å². The lowest BCUT2D eigenvalue weighted by molar-refractivity contribution is 0.626. The van der Waals surface area contributed by atoms with Crippen molar-refractivity contribution in [3.63, 3.8) is 0 Å². The summed E-state index contributed by atoms with van der Waals surface area (Å²) in [6.45, 7) is 5.18. The van der Waals surface area contributed by atoms with E-state index in [4.69, 9.17) is 17.3 Å². The van der Waals surface area contributed by atoms with Gasteiger partial charge in [0.2, 0.25) is 0 Å². The molecule has 1 rings (SSSR count). The molecule has 0 aromatic carbocycles. The Morgan fingerprint density at radius 3 is 2.81 bits per heavy atom. The average molecular weight is 264 g/mol. The lowest BCUT2D eigenvalue weighted by atomic mass is 10.4. The van der Waals surface area contributed by atoms with Crippen LogP contribution in [0.2, 0.25) is 5.02 Å². The molecule has 1 aromatic rings. The summed E-state index contributed by atoms with van der Waals surface area (Å²) < 4.78 is 13.6. The van der Waals surface area contributed by atoms with Crippen LogP contribution in [0.5, 0.6) is 0 Å². The quantitative estimate of drug-likeness (QED) is 0.845. The number of hydrogen-bond donors (Lipinski definition) is 1. The summed E-state index contributed by atoms with van der Waals surface area (Å²) in [6.07, 6.45) is 0.781. The van der Waals surface area contributed by atoms with E-state index in [1.165, 1.54) is 0 Å². The highest BCUT2D eigenvalue weighted by Crippen LogP contribution is 2.21. The number of aryl methyl sites for hydroxylation is 2. The second-order valence-corrected chi connectivity index (χ2v) is 5.55. The van der Waals surface area contributed by atoms with Gasteiger partial charge in [-0.25, -0.2) is 0 Å². The normalized spacial score (nSPS) is 13.0. The molecule has 0 spiro atoms. The number of hydrogen-bond acceptors (Lipinski definition) is 3. The van der Waals surface area contributed by atoms with Gasteiger partial charge in [0.25, 0.3) is 0 Å². The highest BCUT2D eigenvalue weighted by atomic mass is 35.5. The molecule has 16 heavy (non-hydrogen) atoms. The molecule has 6 heteroatoms. The van der Waals surface area contributed by atoms with Crippen LogP contribution in [0, 0.1) is 6.92 Å². The molecular weight excluding hydrogens is 246 g/mol. The number of halogens is 1. The predicted molar refractivity (Wildman–Crippen MR) is 68.0 cm³/mol. The minimum Gasteiger partial charge on any atom is -0.330 e. The van der Waals surface area contributed by atoms with Crippen LogP contribution in [0.3, 0.4) is 0 Å². The first kappa shape index (κ1) is 13.7. The summed E-state index contributed by atoms with van der Waals surface area (Å²) in [5.41, 5.74) is 7.05. The molecule has 4 nitrogen and oxygen atoms in total. The van der Waals surface area contributed by atoms with E-state index in [0.29, 0.717) is 23.1 Å². The Hall–Kier alpha value is -0.390. The highest BCUT2D eigenvalue weighted by molar-refractivity contribution is 7.84. The molecule has 0 aliphatic heterocycles. The SMILES string of the molecule is CCn1nc(C)c(Cl)c1CS(=O)CCCN. The van der Waals surface area contributed by atoms with E-state index in [1.54, 1.807) is 0 Å². The second-order valence-electron chi connectivity index (χ2n) is 3.59. The molecular formula is C10H18ClN3OS. The Kier molecular flexibility index (Phi) is 5.44. The van der Waals surface area contributed by atoms with Gasteiger partial charge in [0.15, 0.2) is 0 Å². The Labute approximate surface area is 104 Å². The molecule has 0 amide bonds. The van der Waals surface area contributed by atoms with Crippen molar-refractivity contribution in [2.45, 2.75) is 32.6 Å². The zero-order chi connectivity index (χ0) is 12.1. The third-order valence-corrected chi connectivity index (χ3v) is 4.16. The van der Waals surface area contributed by atoms with Crippen LogP contribution in [0.1, 0.15) is 24.7 Å².